The van der Waals surface area contributed by atoms with Crippen LogP contribution in [0, 0.1) is 6.92 Å². The van der Waals surface area contributed by atoms with Crippen LogP contribution in [0.5, 0.6) is 17.2 Å². The molecular weight excluding hydrogens is 382 g/mol. The molecule has 1 heterocycles. The fourth-order valence-corrected chi connectivity index (χ4v) is 3.47. The summed E-state index contributed by atoms with van der Waals surface area (Å²) in [5, 5.41) is 6.70. The normalized spacial score (nSPS) is 14.7. The van der Waals surface area contributed by atoms with E-state index in [2.05, 4.69) is 41.3 Å². The third-order valence-electron chi connectivity index (χ3n) is 5.12. The third kappa shape index (κ3) is 5.73. The van der Waals surface area contributed by atoms with Crippen LogP contribution in [0.15, 0.2) is 41.5 Å². The van der Waals surface area contributed by atoms with Gasteiger partial charge in [-0.2, -0.15) is 5.10 Å². The van der Waals surface area contributed by atoms with E-state index < -0.39 is 5.97 Å². The van der Waals surface area contributed by atoms with Crippen molar-refractivity contribution in [1.82, 2.24) is 5.01 Å². The van der Waals surface area contributed by atoms with E-state index in [1.54, 1.807) is 23.2 Å². The predicted molar refractivity (Wildman–Crippen MR) is 116 cm³/mol. The molecule has 7 nitrogen and oxygen atoms in total. The maximum absolute atomic E-state index is 11.4. The molecule has 0 spiro atoms. The van der Waals surface area contributed by atoms with Crippen molar-refractivity contribution in [3.05, 3.63) is 53.1 Å². The van der Waals surface area contributed by atoms with Crippen LogP contribution in [-0.4, -0.2) is 57.6 Å². The second-order valence-electron chi connectivity index (χ2n) is 7.46. The van der Waals surface area contributed by atoms with E-state index in [0.717, 1.165) is 38.3 Å². The summed E-state index contributed by atoms with van der Waals surface area (Å²) in [5.74, 6) is 0.703. The van der Waals surface area contributed by atoms with Gasteiger partial charge in [-0.05, 0) is 19.1 Å². The van der Waals surface area contributed by atoms with Crippen LogP contribution in [-0.2, 0) is 11.3 Å². The topological polar surface area (TPSA) is 64.8 Å². The zero-order valence-electron chi connectivity index (χ0n) is 18.1. The predicted octanol–water partition coefficient (Wildman–Crippen LogP) is 1.67. The molecule has 0 atom stereocenters. The molecule has 2 aromatic carbocycles. The van der Waals surface area contributed by atoms with E-state index in [-0.39, 0.29) is 5.75 Å². The number of nitrogens with one attached hydrogen (secondary N) is 1. The van der Waals surface area contributed by atoms with Gasteiger partial charge >= 0.3 is 5.97 Å². The molecule has 0 saturated carbocycles. The van der Waals surface area contributed by atoms with Gasteiger partial charge in [0.15, 0.2) is 11.5 Å². The molecule has 1 fully saturated rings. The van der Waals surface area contributed by atoms with Crippen molar-refractivity contribution in [3.8, 4) is 17.2 Å². The van der Waals surface area contributed by atoms with Crippen LogP contribution in [0.2, 0.25) is 0 Å². The second-order valence-corrected chi connectivity index (χ2v) is 7.46. The number of aryl methyl sites for hydroxylation is 1. The van der Waals surface area contributed by atoms with Gasteiger partial charge in [-0.15, -0.1) is 0 Å². The molecule has 3 rings (SSSR count). The highest BCUT2D eigenvalue weighted by molar-refractivity contribution is 5.83. The fourth-order valence-electron chi connectivity index (χ4n) is 3.47. The molecule has 0 aromatic heterocycles. The van der Waals surface area contributed by atoms with Gasteiger partial charge in [0.25, 0.3) is 0 Å². The molecular formula is C23H30N3O4+. The number of hydrogen-bond acceptors (Lipinski definition) is 6. The number of quaternary nitrogens is 1. The Balaban J connectivity index is 1.61. The average Bonchev–Trinajstić information content (AvgIpc) is 2.75. The van der Waals surface area contributed by atoms with Crippen molar-refractivity contribution < 1.29 is 23.9 Å². The van der Waals surface area contributed by atoms with Crippen LogP contribution < -0.4 is 19.1 Å². The number of carbonyl (C=O) groups excluding carboxylic acids is 1. The number of ether oxygens (including phenoxy) is 3. The minimum atomic E-state index is -0.431. The fraction of sp³-hybridized carbons (Fsp3) is 0.391. The molecule has 2 aromatic rings. The van der Waals surface area contributed by atoms with Gasteiger partial charge in [-0.25, -0.2) is 0 Å². The van der Waals surface area contributed by atoms with E-state index in [0.29, 0.717) is 11.5 Å². The van der Waals surface area contributed by atoms with Gasteiger partial charge in [0.05, 0.1) is 46.6 Å². The van der Waals surface area contributed by atoms with Crippen molar-refractivity contribution in [2.75, 3.05) is 40.4 Å². The van der Waals surface area contributed by atoms with Gasteiger partial charge in [0.2, 0.25) is 5.75 Å². The zero-order chi connectivity index (χ0) is 21.5. The van der Waals surface area contributed by atoms with Gasteiger partial charge in [0, 0.05) is 18.1 Å². The smallest absolute Gasteiger partial charge is 0.308 e. The number of hydrazone groups is 1. The molecule has 0 amide bonds. The van der Waals surface area contributed by atoms with Gasteiger partial charge < -0.3 is 19.1 Å². The molecule has 1 saturated heterocycles. The lowest BCUT2D eigenvalue weighted by Gasteiger charge is -2.30. The van der Waals surface area contributed by atoms with Crippen molar-refractivity contribution >= 4 is 12.2 Å². The van der Waals surface area contributed by atoms with E-state index in [9.17, 15) is 4.79 Å². The molecule has 0 aliphatic carbocycles. The summed E-state index contributed by atoms with van der Waals surface area (Å²) >= 11 is 0. The van der Waals surface area contributed by atoms with Gasteiger partial charge in [0.1, 0.15) is 6.54 Å². The van der Waals surface area contributed by atoms with Crippen molar-refractivity contribution in [1.29, 1.82) is 0 Å². The Morgan fingerprint density at radius 1 is 1.10 bits per heavy atom. The second kappa shape index (κ2) is 10.1. The van der Waals surface area contributed by atoms with Crippen LogP contribution in [0.1, 0.15) is 23.6 Å². The Labute approximate surface area is 177 Å². The number of rotatable bonds is 7. The monoisotopic (exact) mass is 412 g/mol. The van der Waals surface area contributed by atoms with Gasteiger partial charge in [-0.1, -0.05) is 29.8 Å². The van der Waals surface area contributed by atoms with E-state index in [1.165, 1.54) is 32.3 Å². The molecule has 30 heavy (non-hydrogen) atoms. The minimum absolute atomic E-state index is 0.276. The average molecular weight is 413 g/mol. The van der Waals surface area contributed by atoms with E-state index >= 15 is 0 Å². The first kappa shape index (κ1) is 21.6. The summed E-state index contributed by atoms with van der Waals surface area (Å²) < 4.78 is 16.0. The minimum Gasteiger partial charge on any atom is -0.493 e. The van der Waals surface area contributed by atoms with Crippen LogP contribution in [0.25, 0.3) is 0 Å². The first-order valence-electron chi connectivity index (χ1n) is 10.1. The Bertz CT molecular complexity index is 863. The Hall–Kier alpha value is -3.06. The van der Waals surface area contributed by atoms with E-state index in [4.69, 9.17) is 14.2 Å². The number of methoxy groups -OCH3 is 2. The Morgan fingerprint density at radius 2 is 1.70 bits per heavy atom. The molecule has 1 aliphatic heterocycles. The molecule has 0 radical (unpaired) electrons. The lowest BCUT2D eigenvalue weighted by atomic mass is 10.1. The highest BCUT2D eigenvalue weighted by atomic mass is 16.6. The summed E-state index contributed by atoms with van der Waals surface area (Å²) in [6.07, 6.45) is 1.79. The maximum Gasteiger partial charge on any atom is 0.308 e. The maximum atomic E-state index is 11.4. The van der Waals surface area contributed by atoms with Gasteiger partial charge in [-0.3, -0.25) is 9.80 Å². The molecule has 1 N–H and O–H groups in total. The quantitative estimate of drug-likeness (QED) is 0.426. The van der Waals surface area contributed by atoms with Crippen molar-refractivity contribution in [2.24, 2.45) is 5.10 Å². The third-order valence-corrected chi connectivity index (χ3v) is 5.12. The Morgan fingerprint density at radius 3 is 2.23 bits per heavy atom. The standard InChI is InChI=1S/C23H29N3O4/c1-17-5-7-19(8-6-17)16-25-9-11-26(12-10-25)24-15-20-13-21(28-3)23(30-18(2)27)22(14-20)29-4/h5-8,13-15H,9-12,16H2,1-4H3/p+1. The number of piperazine rings is 1. The first-order chi connectivity index (χ1) is 14.5. The van der Waals surface area contributed by atoms with Crippen LogP contribution in [0.4, 0.5) is 0 Å². The summed E-state index contributed by atoms with van der Waals surface area (Å²) in [6.45, 7) is 8.39. The Kier molecular flexibility index (Phi) is 7.30. The largest absolute Gasteiger partial charge is 0.493 e. The zero-order valence-corrected chi connectivity index (χ0v) is 18.1. The molecule has 1 aliphatic rings. The van der Waals surface area contributed by atoms with Crippen molar-refractivity contribution in [3.63, 3.8) is 0 Å². The molecule has 0 unspecified atom stereocenters. The molecule has 7 heteroatoms. The number of esters is 1. The highest BCUT2D eigenvalue weighted by Crippen LogP contribution is 2.38. The highest BCUT2D eigenvalue weighted by Gasteiger charge is 2.19. The lowest BCUT2D eigenvalue weighted by molar-refractivity contribution is -0.918. The van der Waals surface area contributed by atoms with E-state index in [1.807, 2.05) is 0 Å². The number of nitrogens with zero attached hydrogens (tertiary/aromatic N) is 2. The number of hydrogen-bond donors (Lipinski definition) is 1. The first-order valence-corrected chi connectivity index (χ1v) is 10.1. The molecule has 160 valence electrons. The van der Waals surface area contributed by atoms with Crippen LogP contribution >= 0.6 is 0 Å². The van der Waals surface area contributed by atoms with Crippen molar-refractivity contribution in [2.45, 2.75) is 20.4 Å². The summed E-state index contributed by atoms with van der Waals surface area (Å²) in [4.78, 5) is 12.9. The SMILES string of the molecule is COc1cc(C=NN2CC[NH+](Cc3ccc(C)cc3)CC2)cc(OC)c1OC(C)=O. The molecule has 0 bridgehead atoms. The van der Waals surface area contributed by atoms with Crippen LogP contribution in [0.3, 0.4) is 0 Å². The number of benzene rings is 2. The summed E-state index contributed by atoms with van der Waals surface area (Å²) in [5.41, 5.74) is 3.48. The summed E-state index contributed by atoms with van der Waals surface area (Å²) in [7, 11) is 3.05. The number of carbonyl (C=O) groups is 1. The lowest BCUT2D eigenvalue weighted by Crippen LogP contribution is -3.13. The summed E-state index contributed by atoms with van der Waals surface area (Å²) in [6, 6.07) is 12.3.